The second-order valence-electron chi connectivity index (χ2n) is 5.25. The van der Waals surface area contributed by atoms with Gasteiger partial charge in [-0.3, -0.25) is 0 Å². The molecule has 0 spiro atoms. The Morgan fingerprint density at radius 1 is 1.37 bits per heavy atom. The molecule has 0 aromatic heterocycles. The average molecular weight is 271 g/mol. The maximum absolute atomic E-state index is 13.0. The van der Waals surface area contributed by atoms with E-state index < -0.39 is 17.2 Å². The Morgan fingerprint density at radius 2 is 2.11 bits per heavy atom. The van der Waals surface area contributed by atoms with Gasteiger partial charge in [-0.1, -0.05) is 0 Å². The summed E-state index contributed by atoms with van der Waals surface area (Å²) in [6.07, 6.45) is 2.73. The normalized spacial score (nSPS) is 18.7. The van der Waals surface area contributed by atoms with Crippen LogP contribution in [0.25, 0.3) is 0 Å². The smallest absolute Gasteiger partial charge is 0.162 e. The van der Waals surface area contributed by atoms with E-state index in [1.807, 2.05) is 6.92 Å². The first kappa shape index (κ1) is 14.2. The van der Waals surface area contributed by atoms with Crippen molar-refractivity contribution in [3.05, 3.63) is 29.8 Å². The topological polar surface area (TPSA) is 41.5 Å². The predicted molar refractivity (Wildman–Crippen MR) is 68.1 cm³/mol. The molecule has 1 atom stereocenters. The molecule has 1 aromatic carbocycles. The van der Waals surface area contributed by atoms with Crippen molar-refractivity contribution >= 4 is 0 Å². The molecular formula is C14H19F2NO2. The standard InChI is InChI=1S/C14H19F2NO2/c1-10(17-9-14(18)5-2-6-14)8-19-11-3-4-12(15)13(16)7-11/h3-4,7,10,17-18H,2,5-6,8-9H2,1H3. The summed E-state index contributed by atoms with van der Waals surface area (Å²) in [4.78, 5) is 0. The summed E-state index contributed by atoms with van der Waals surface area (Å²) < 4.78 is 31.1. The van der Waals surface area contributed by atoms with Crippen LogP contribution in [0.4, 0.5) is 8.78 Å². The quantitative estimate of drug-likeness (QED) is 0.833. The van der Waals surface area contributed by atoms with Crippen molar-refractivity contribution in [3.8, 4) is 5.75 Å². The van der Waals surface area contributed by atoms with Crippen LogP contribution in [0.1, 0.15) is 26.2 Å². The largest absolute Gasteiger partial charge is 0.492 e. The van der Waals surface area contributed by atoms with E-state index in [4.69, 9.17) is 4.74 Å². The summed E-state index contributed by atoms with van der Waals surface area (Å²) in [6.45, 7) is 2.79. The van der Waals surface area contributed by atoms with Gasteiger partial charge in [0.2, 0.25) is 0 Å². The van der Waals surface area contributed by atoms with Crippen molar-refractivity contribution in [2.24, 2.45) is 0 Å². The Kier molecular flexibility index (Phi) is 4.37. The zero-order chi connectivity index (χ0) is 13.9. The number of benzene rings is 1. The lowest BCUT2D eigenvalue weighted by Gasteiger charge is -2.37. The summed E-state index contributed by atoms with van der Waals surface area (Å²) in [5.74, 6) is -1.50. The van der Waals surface area contributed by atoms with Crippen LogP contribution in [0.3, 0.4) is 0 Å². The molecule has 0 heterocycles. The highest BCUT2D eigenvalue weighted by molar-refractivity contribution is 5.23. The molecule has 0 saturated heterocycles. The lowest BCUT2D eigenvalue weighted by molar-refractivity contribution is -0.0336. The van der Waals surface area contributed by atoms with E-state index in [-0.39, 0.29) is 6.04 Å². The molecule has 1 unspecified atom stereocenters. The van der Waals surface area contributed by atoms with Crippen LogP contribution in [0, 0.1) is 11.6 Å². The molecule has 0 amide bonds. The van der Waals surface area contributed by atoms with Gasteiger partial charge in [-0.2, -0.15) is 0 Å². The molecule has 0 radical (unpaired) electrons. The van der Waals surface area contributed by atoms with E-state index in [1.54, 1.807) is 0 Å². The first-order valence-corrected chi connectivity index (χ1v) is 6.52. The second kappa shape index (κ2) is 5.84. The summed E-state index contributed by atoms with van der Waals surface area (Å²) in [6, 6.07) is 3.49. The number of aliphatic hydroxyl groups is 1. The molecule has 0 aliphatic heterocycles. The van der Waals surface area contributed by atoms with Crippen molar-refractivity contribution in [1.82, 2.24) is 5.32 Å². The van der Waals surface area contributed by atoms with Gasteiger partial charge in [-0.15, -0.1) is 0 Å². The third kappa shape index (κ3) is 3.88. The second-order valence-corrected chi connectivity index (χ2v) is 5.25. The highest BCUT2D eigenvalue weighted by Crippen LogP contribution is 2.30. The summed E-state index contributed by atoms with van der Waals surface area (Å²) >= 11 is 0. The van der Waals surface area contributed by atoms with E-state index in [9.17, 15) is 13.9 Å². The number of nitrogens with one attached hydrogen (secondary N) is 1. The van der Waals surface area contributed by atoms with E-state index in [2.05, 4.69) is 5.32 Å². The fourth-order valence-electron chi connectivity index (χ4n) is 1.97. The van der Waals surface area contributed by atoms with Gasteiger partial charge in [0.15, 0.2) is 11.6 Å². The van der Waals surface area contributed by atoms with Gasteiger partial charge in [-0.25, -0.2) is 8.78 Å². The van der Waals surface area contributed by atoms with Gasteiger partial charge >= 0.3 is 0 Å². The predicted octanol–water partition coefficient (Wildman–Crippen LogP) is 2.24. The van der Waals surface area contributed by atoms with Gasteiger partial charge in [0.25, 0.3) is 0 Å². The van der Waals surface area contributed by atoms with Crippen molar-refractivity contribution in [2.75, 3.05) is 13.2 Å². The molecule has 0 bridgehead atoms. The van der Waals surface area contributed by atoms with E-state index >= 15 is 0 Å². The minimum atomic E-state index is -0.915. The van der Waals surface area contributed by atoms with Crippen LogP contribution in [-0.4, -0.2) is 29.9 Å². The zero-order valence-corrected chi connectivity index (χ0v) is 11.0. The maximum atomic E-state index is 13.0. The maximum Gasteiger partial charge on any atom is 0.162 e. The van der Waals surface area contributed by atoms with Gasteiger partial charge in [-0.05, 0) is 38.3 Å². The van der Waals surface area contributed by atoms with E-state index in [0.717, 1.165) is 31.4 Å². The summed E-state index contributed by atoms with van der Waals surface area (Å²) in [5, 5.41) is 13.1. The first-order valence-electron chi connectivity index (χ1n) is 6.52. The SMILES string of the molecule is CC(COc1ccc(F)c(F)c1)NCC1(O)CCC1. The Labute approximate surface area is 111 Å². The van der Waals surface area contributed by atoms with Crippen LogP contribution in [-0.2, 0) is 0 Å². The lowest BCUT2D eigenvalue weighted by atomic mass is 9.80. The Bertz CT molecular complexity index is 435. The Balaban J connectivity index is 1.73. The molecule has 2 N–H and O–H groups in total. The van der Waals surface area contributed by atoms with Crippen LogP contribution in [0.15, 0.2) is 18.2 Å². The number of hydrogen-bond donors (Lipinski definition) is 2. The molecule has 1 aliphatic carbocycles. The summed E-state index contributed by atoms with van der Waals surface area (Å²) in [5.41, 5.74) is -0.573. The third-order valence-corrected chi connectivity index (χ3v) is 3.45. The van der Waals surface area contributed by atoms with Gasteiger partial charge < -0.3 is 15.2 Å². The Hall–Kier alpha value is -1.20. The van der Waals surface area contributed by atoms with Gasteiger partial charge in [0.1, 0.15) is 12.4 Å². The van der Waals surface area contributed by atoms with E-state index in [1.165, 1.54) is 6.07 Å². The highest BCUT2D eigenvalue weighted by atomic mass is 19.2. The molecule has 2 rings (SSSR count). The molecule has 19 heavy (non-hydrogen) atoms. The number of ether oxygens (including phenoxy) is 1. The molecule has 1 aliphatic rings. The molecule has 3 nitrogen and oxygen atoms in total. The van der Waals surface area contributed by atoms with Gasteiger partial charge in [0.05, 0.1) is 5.60 Å². The highest BCUT2D eigenvalue weighted by Gasteiger charge is 2.34. The zero-order valence-electron chi connectivity index (χ0n) is 11.0. The number of rotatable bonds is 6. The van der Waals surface area contributed by atoms with Crippen LogP contribution < -0.4 is 10.1 Å². The van der Waals surface area contributed by atoms with Crippen molar-refractivity contribution in [1.29, 1.82) is 0 Å². The monoisotopic (exact) mass is 271 g/mol. The molecular weight excluding hydrogens is 252 g/mol. The van der Waals surface area contributed by atoms with E-state index in [0.29, 0.717) is 18.9 Å². The lowest BCUT2D eigenvalue weighted by Crippen LogP contribution is -2.49. The van der Waals surface area contributed by atoms with Crippen molar-refractivity contribution in [3.63, 3.8) is 0 Å². The Morgan fingerprint density at radius 3 is 2.68 bits per heavy atom. The molecule has 106 valence electrons. The van der Waals surface area contributed by atoms with Gasteiger partial charge in [0, 0.05) is 18.7 Å². The number of hydrogen-bond acceptors (Lipinski definition) is 3. The van der Waals surface area contributed by atoms with Crippen LogP contribution in [0.5, 0.6) is 5.75 Å². The van der Waals surface area contributed by atoms with Crippen LogP contribution in [0.2, 0.25) is 0 Å². The molecule has 1 saturated carbocycles. The first-order chi connectivity index (χ1) is 8.98. The fraction of sp³-hybridized carbons (Fsp3) is 0.571. The average Bonchev–Trinajstić information content (AvgIpc) is 2.35. The summed E-state index contributed by atoms with van der Waals surface area (Å²) in [7, 11) is 0. The number of halogens is 2. The minimum absolute atomic E-state index is 0.0257. The third-order valence-electron chi connectivity index (χ3n) is 3.45. The van der Waals surface area contributed by atoms with Crippen molar-refractivity contribution in [2.45, 2.75) is 37.8 Å². The molecule has 1 fully saturated rings. The molecule has 5 heteroatoms. The fourth-order valence-corrected chi connectivity index (χ4v) is 1.97. The van der Waals surface area contributed by atoms with Crippen LogP contribution >= 0.6 is 0 Å². The van der Waals surface area contributed by atoms with Crippen molar-refractivity contribution < 1.29 is 18.6 Å². The minimum Gasteiger partial charge on any atom is -0.492 e. The molecule has 1 aromatic rings.